The van der Waals surface area contributed by atoms with Crippen LogP contribution in [0.4, 0.5) is 4.39 Å². The van der Waals surface area contributed by atoms with Crippen molar-refractivity contribution in [1.82, 2.24) is 9.55 Å². The first-order chi connectivity index (χ1) is 9.04. The van der Waals surface area contributed by atoms with E-state index < -0.39 is 29.8 Å². The van der Waals surface area contributed by atoms with Crippen molar-refractivity contribution >= 4 is 5.97 Å². The van der Waals surface area contributed by atoms with Crippen molar-refractivity contribution in [1.29, 1.82) is 0 Å². The van der Waals surface area contributed by atoms with Crippen molar-refractivity contribution in [2.75, 3.05) is 26.9 Å². The summed E-state index contributed by atoms with van der Waals surface area (Å²) in [4.78, 5) is 34.9. The second-order valence-electron chi connectivity index (χ2n) is 3.40. The lowest BCUT2D eigenvalue weighted by molar-refractivity contribution is -0.153. The van der Waals surface area contributed by atoms with Gasteiger partial charge in [-0.15, -0.1) is 0 Å². The molecule has 0 bridgehead atoms. The van der Waals surface area contributed by atoms with Gasteiger partial charge >= 0.3 is 11.7 Å². The van der Waals surface area contributed by atoms with E-state index in [2.05, 4.69) is 4.74 Å². The molecule has 0 amide bonds. The van der Waals surface area contributed by atoms with Crippen LogP contribution >= 0.6 is 0 Å². The molecule has 1 aromatic rings. The second kappa shape index (κ2) is 7.44. The van der Waals surface area contributed by atoms with E-state index in [0.29, 0.717) is 17.4 Å². The van der Waals surface area contributed by atoms with Crippen LogP contribution in [0.15, 0.2) is 15.8 Å². The van der Waals surface area contributed by atoms with Crippen molar-refractivity contribution in [3.63, 3.8) is 0 Å². The third-order valence-corrected chi connectivity index (χ3v) is 1.98. The van der Waals surface area contributed by atoms with E-state index in [4.69, 9.17) is 9.47 Å². The first kappa shape index (κ1) is 15.1. The lowest BCUT2D eigenvalue weighted by Crippen LogP contribution is -2.32. The van der Waals surface area contributed by atoms with Crippen molar-refractivity contribution in [2.24, 2.45) is 0 Å². The molecule has 0 aromatic carbocycles. The van der Waals surface area contributed by atoms with Gasteiger partial charge in [-0.3, -0.25) is 14.3 Å². The van der Waals surface area contributed by atoms with E-state index in [1.54, 1.807) is 4.98 Å². The Morgan fingerprint density at radius 2 is 2.16 bits per heavy atom. The van der Waals surface area contributed by atoms with Gasteiger partial charge in [0.25, 0.3) is 5.56 Å². The number of hydrogen-bond acceptors (Lipinski definition) is 6. The van der Waals surface area contributed by atoms with Crippen LogP contribution < -0.4 is 11.2 Å². The molecule has 0 fully saturated rings. The Labute approximate surface area is 106 Å². The average Bonchev–Trinajstić information content (AvgIpc) is 2.37. The lowest BCUT2D eigenvalue weighted by Gasteiger charge is -2.07. The number of esters is 1. The van der Waals surface area contributed by atoms with Gasteiger partial charge in [-0.1, -0.05) is 0 Å². The predicted octanol–water partition coefficient (Wildman–Crippen LogP) is -1.16. The fraction of sp³-hybridized carbons (Fsp3) is 0.500. The molecule has 0 aliphatic carbocycles. The van der Waals surface area contributed by atoms with E-state index in [1.165, 1.54) is 7.11 Å². The molecule has 1 rings (SSSR count). The topological polar surface area (TPSA) is 99.6 Å². The van der Waals surface area contributed by atoms with Crippen molar-refractivity contribution in [3.8, 4) is 0 Å². The van der Waals surface area contributed by atoms with Crippen LogP contribution in [-0.4, -0.2) is 42.5 Å². The number of hydrogen-bond donors (Lipinski definition) is 1. The van der Waals surface area contributed by atoms with Crippen LogP contribution in [0.2, 0.25) is 0 Å². The van der Waals surface area contributed by atoms with Gasteiger partial charge in [-0.25, -0.2) is 9.59 Å². The number of nitrogens with one attached hydrogen (secondary N) is 1. The molecule has 106 valence electrons. The highest BCUT2D eigenvalue weighted by molar-refractivity contribution is 5.70. The van der Waals surface area contributed by atoms with Gasteiger partial charge < -0.3 is 14.2 Å². The van der Waals surface area contributed by atoms with Crippen molar-refractivity contribution in [3.05, 3.63) is 32.9 Å². The molecule has 0 aliphatic rings. The van der Waals surface area contributed by atoms with Gasteiger partial charge in [0.05, 0.1) is 19.4 Å². The fourth-order valence-corrected chi connectivity index (χ4v) is 1.06. The molecule has 1 aromatic heterocycles. The SMILES string of the molecule is COCCOCC(=O)OCn1cc(F)c(=O)[nH]c1=O. The normalized spacial score (nSPS) is 10.4. The molecule has 0 spiro atoms. The zero-order valence-corrected chi connectivity index (χ0v) is 10.2. The third-order valence-electron chi connectivity index (χ3n) is 1.98. The Morgan fingerprint density at radius 1 is 1.42 bits per heavy atom. The Kier molecular flexibility index (Phi) is 5.90. The van der Waals surface area contributed by atoms with Gasteiger partial charge in [0.1, 0.15) is 6.61 Å². The molecule has 0 radical (unpaired) electrons. The molecule has 8 nitrogen and oxygen atoms in total. The first-order valence-corrected chi connectivity index (χ1v) is 5.26. The highest BCUT2D eigenvalue weighted by Crippen LogP contribution is 1.88. The van der Waals surface area contributed by atoms with Crippen molar-refractivity contribution in [2.45, 2.75) is 6.73 Å². The number of halogens is 1. The van der Waals surface area contributed by atoms with Crippen LogP contribution in [0, 0.1) is 5.82 Å². The minimum Gasteiger partial charge on any atom is -0.442 e. The Balaban J connectivity index is 2.44. The molecule has 1 heterocycles. The number of carbonyl (C=O) groups is 1. The molecular weight excluding hydrogens is 263 g/mol. The van der Waals surface area contributed by atoms with E-state index in [9.17, 15) is 18.8 Å². The van der Waals surface area contributed by atoms with Gasteiger partial charge in [0, 0.05) is 7.11 Å². The van der Waals surface area contributed by atoms with E-state index in [-0.39, 0.29) is 13.2 Å². The van der Waals surface area contributed by atoms with Gasteiger partial charge in [0.15, 0.2) is 6.73 Å². The maximum Gasteiger partial charge on any atom is 0.333 e. The Morgan fingerprint density at radius 3 is 2.84 bits per heavy atom. The van der Waals surface area contributed by atoms with E-state index >= 15 is 0 Å². The molecule has 1 N–H and O–H groups in total. The number of rotatable bonds is 7. The number of aromatic nitrogens is 2. The molecule has 9 heteroatoms. The predicted molar refractivity (Wildman–Crippen MR) is 60.1 cm³/mol. The summed E-state index contributed by atoms with van der Waals surface area (Å²) in [5, 5.41) is 0. The van der Waals surface area contributed by atoms with E-state index in [0.717, 1.165) is 0 Å². The smallest absolute Gasteiger partial charge is 0.333 e. The highest BCUT2D eigenvalue weighted by Gasteiger charge is 2.07. The number of carbonyl (C=O) groups excluding carboxylic acids is 1. The van der Waals surface area contributed by atoms with Crippen LogP contribution in [0.5, 0.6) is 0 Å². The molecule has 0 atom stereocenters. The lowest BCUT2D eigenvalue weighted by atomic mass is 10.6. The minimum atomic E-state index is -1.15. The number of ether oxygens (including phenoxy) is 3. The minimum absolute atomic E-state index is 0.221. The molecular formula is C10H13FN2O6. The first-order valence-electron chi connectivity index (χ1n) is 5.26. The zero-order chi connectivity index (χ0) is 14.3. The standard InChI is InChI=1S/C10H13FN2O6/c1-17-2-3-18-5-8(14)19-6-13-4-7(11)9(15)12-10(13)16/h4H,2-3,5-6H2,1H3,(H,12,15,16). The molecule has 0 saturated heterocycles. The maximum atomic E-state index is 12.9. The van der Waals surface area contributed by atoms with Gasteiger partial charge in [0.2, 0.25) is 5.82 Å². The van der Waals surface area contributed by atoms with Crippen molar-refractivity contribution < 1.29 is 23.4 Å². The Hall–Kier alpha value is -2.00. The number of H-pyrrole nitrogens is 1. The van der Waals surface area contributed by atoms with E-state index in [1.807, 2.05) is 0 Å². The number of nitrogens with zero attached hydrogens (tertiary/aromatic N) is 1. The summed E-state index contributed by atoms with van der Waals surface area (Å²) in [6, 6.07) is 0. The summed E-state index contributed by atoms with van der Waals surface area (Å²) in [5.41, 5.74) is -2.00. The van der Waals surface area contributed by atoms with Crippen LogP contribution in [0.1, 0.15) is 0 Å². The summed E-state index contributed by atoms with van der Waals surface area (Å²) in [7, 11) is 1.48. The summed E-state index contributed by atoms with van der Waals surface area (Å²) < 4.78 is 27.8. The van der Waals surface area contributed by atoms with Gasteiger partial charge in [-0.05, 0) is 0 Å². The highest BCUT2D eigenvalue weighted by atomic mass is 19.1. The quantitative estimate of drug-likeness (QED) is 0.498. The summed E-state index contributed by atoms with van der Waals surface area (Å²) in [6.45, 7) is -0.278. The van der Waals surface area contributed by atoms with Crippen LogP contribution in [0.3, 0.4) is 0 Å². The summed E-state index contributed by atoms with van der Waals surface area (Å²) >= 11 is 0. The summed E-state index contributed by atoms with van der Waals surface area (Å²) in [5.74, 6) is -1.87. The molecule has 0 unspecified atom stereocenters. The molecule has 19 heavy (non-hydrogen) atoms. The average molecular weight is 276 g/mol. The van der Waals surface area contributed by atoms with Crippen LogP contribution in [-0.2, 0) is 25.7 Å². The fourth-order valence-electron chi connectivity index (χ4n) is 1.06. The number of aromatic amines is 1. The molecule has 0 aliphatic heterocycles. The van der Waals surface area contributed by atoms with Crippen LogP contribution in [0.25, 0.3) is 0 Å². The largest absolute Gasteiger partial charge is 0.442 e. The second-order valence-corrected chi connectivity index (χ2v) is 3.40. The summed E-state index contributed by atoms with van der Waals surface area (Å²) in [6.07, 6.45) is 0.653. The Bertz CT molecular complexity index is 538. The third kappa shape index (κ3) is 5.02. The maximum absolute atomic E-state index is 12.9. The zero-order valence-electron chi connectivity index (χ0n) is 10.2. The number of methoxy groups -OCH3 is 1. The molecule has 0 saturated carbocycles. The monoisotopic (exact) mass is 276 g/mol. The van der Waals surface area contributed by atoms with Gasteiger partial charge in [-0.2, -0.15) is 4.39 Å².